The van der Waals surface area contributed by atoms with Crippen LogP contribution in [0, 0.1) is 0 Å². The lowest BCUT2D eigenvalue weighted by molar-refractivity contribution is 0.0970. The summed E-state index contributed by atoms with van der Waals surface area (Å²) in [6.07, 6.45) is 4.76. The molecule has 2 rings (SSSR count). The number of hydrogen-bond acceptors (Lipinski definition) is 4. The zero-order valence-electron chi connectivity index (χ0n) is 9.87. The third-order valence-electron chi connectivity index (χ3n) is 2.52. The predicted octanol–water partition coefficient (Wildman–Crippen LogP) is 1.85. The normalized spacial score (nSPS) is 10.3. The highest BCUT2D eigenvalue weighted by Crippen LogP contribution is 2.15. The van der Waals surface area contributed by atoms with Gasteiger partial charge in [-0.1, -0.05) is 12.1 Å². The lowest BCUT2D eigenvalue weighted by Gasteiger charge is -2.04. The van der Waals surface area contributed by atoms with E-state index in [0.717, 1.165) is 4.90 Å². The van der Waals surface area contributed by atoms with Crippen molar-refractivity contribution in [2.24, 2.45) is 0 Å². The molecule has 0 amide bonds. The van der Waals surface area contributed by atoms with Gasteiger partial charge in [-0.2, -0.15) is 0 Å². The summed E-state index contributed by atoms with van der Waals surface area (Å²) in [7, 11) is 0. The molecule has 0 fully saturated rings. The molecule has 0 N–H and O–H groups in total. The van der Waals surface area contributed by atoms with E-state index in [0.29, 0.717) is 5.56 Å². The molecular formula is C13H12N2O2S. The van der Waals surface area contributed by atoms with Crippen molar-refractivity contribution in [1.82, 2.24) is 9.55 Å². The second-order valence-electron chi connectivity index (χ2n) is 3.70. The molecule has 0 aliphatic rings. The van der Waals surface area contributed by atoms with Crippen LogP contribution in [-0.4, -0.2) is 21.6 Å². The molecule has 5 heteroatoms. The Morgan fingerprint density at radius 1 is 1.28 bits per heavy atom. The Kier molecular flexibility index (Phi) is 3.94. The van der Waals surface area contributed by atoms with E-state index in [1.54, 1.807) is 23.9 Å². The topological polar surface area (TPSA) is 52.0 Å². The highest BCUT2D eigenvalue weighted by molar-refractivity contribution is 7.98. The van der Waals surface area contributed by atoms with E-state index >= 15 is 0 Å². The Labute approximate surface area is 109 Å². The fourth-order valence-corrected chi connectivity index (χ4v) is 1.93. The molecule has 4 nitrogen and oxygen atoms in total. The first-order chi connectivity index (χ1) is 8.70. The number of carbonyl (C=O) groups excluding carboxylic acids is 1. The van der Waals surface area contributed by atoms with Gasteiger partial charge < -0.3 is 0 Å². The third-order valence-corrected chi connectivity index (χ3v) is 3.26. The number of nitrogens with zero attached hydrogens (tertiary/aromatic N) is 2. The largest absolute Gasteiger partial charge is 0.292 e. The maximum absolute atomic E-state index is 12.0. The van der Waals surface area contributed by atoms with E-state index < -0.39 is 0 Å². The van der Waals surface area contributed by atoms with Crippen LogP contribution < -0.4 is 5.56 Å². The summed E-state index contributed by atoms with van der Waals surface area (Å²) in [5, 5.41) is 0. The average Bonchev–Trinajstić information content (AvgIpc) is 2.41. The third kappa shape index (κ3) is 2.87. The van der Waals surface area contributed by atoms with Crippen molar-refractivity contribution in [1.29, 1.82) is 0 Å². The Hall–Kier alpha value is -1.88. The van der Waals surface area contributed by atoms with E-state index in [1.165, 1.54) is 23.2 Å². The van der Waals surface area contributed by atoms with Gasteiger partial charge in [0.25, 0.3) is 5.56 Å². The van der Waals surface area contributed by atoms with Gasteiger partial charge in [-0.25, -0.2) is 4.98 Å². The lowest BCUT2D eigenvalue weighted by atomic mass is 10.1. The van der Waals surface area contributed by atoms with Gasteiger partial charge >= 0.3 is 0 Å². The zero-order chi connectivity index (χ0) is 13.0. The number of benzene rings is 1. The molecule has 2 aromatic rings. The summed E-state index contributed by atoms with van der Waals surface area (Å²) in [5.41, 5.74) is 0.377. The van der Waals surface area contributed by atoms with Gasteiger partial charge in [0.2, 0.25) is 0 Å². The Balaban J connectivity index is 2.17. The summed E-state index contributed by atoms with van der Waals surface area (Å²) in [6.45, 7) is 0.0191. The van der Waals surface area contributed by atoms with Gasteiger partial charge in [-0.15, -0.1) is 11.8 Å². The van der Waals surface area contributed by atoms with E-state index in [2.05, 4.69) is 4.98 Å². The first-order valence-electron chi connectivity index (χ1n) is 5.38. The molecule has 0 aliphatic heterocycles. The fraction of sp³-hybridized carbons (Fsp3) is 0.154. The number of hydrogen-bond donors (Lipinski definition) is 0. The van der Waals surface area contributed by atoms with E-state index in [9.17, 15) is 9.59 Å². The van der Waals surface area contributed by atoms with Gasteiger partial charge in [0.05, 0.1) is 12.9 Å². The zero-order valence-corrected chi connectivity index (χ0v) is 10.7. The minimum atomic E-state index is -0.223. The predicted molar refractivity (Wildman–Crippen MR) is 71.1 cm³/mol. The van der Waals surface area contributed by atoms with Crippen molar-refractivity contribution >= 4 is 17.5 Å². The smallest absolute Gasteiger partial charge is 0.253 e. The van der Waals surface area contributed by atoms with Crippen LogP contribution in [-0.2, 0) is 6.54 Å². The van der Waals surface area contributed by atoms with Crippen molar-refractivity contribution in [3.8, 4) is 0 Å². The second kappa shape index (κ2) is 5.64. The first kappa shape index (κ1) is 12.6. The van der Waals surface area contributed by atoms with Crippen molar-refractivity contribution < 1.29 is 4.79 Å². The van der Waals surface area contributed by atoms with Crippen molar-refractivity contribution in [2.45, 2.75) is 11.4 Å². The van der Waals surface area contributed by atoms with Gasteiger partial charge in [0.1, 0.15) is 0 Å². The standard InChI is InChI=1S/C13H12N2O2S/c1-18-11-4-2-10(3-5-11)12(16)8-15-9-14-7-6-13(15)17/h2-7,9H,8H2,1H3. The van der Waals surface area contributed by atoms with Gasteiger partial charge in [0.15, 0.2) is 5.78 Å². The van der Waals surface area contributed by atoms with Crippen LogP contribution in [0.5, 0.6) is 0 Å². The number of thioether (sulfide) groups is 1. The number of carbonyl (C=O) groups is 1. The molecule has 18 heavy (non-hydrogen) atoms. The van der Waals surface area contributed by atoms with Crippen LogP contribution in [0.15, 0.2) is 52.5 Å². The summed E-state index contributed by atoms with van der Waals surface area (Å²) in [5.74, 6) is -0.0993. The molecule has 1 aromatic carbocycles. The second-order valence-corrected chi connectivity index (χ2v) is 4.58. The van der Waals surface area contributed by atoms with Crippen LogP contribution in [0.2, 0.25) is 0 Å². The van der Waals surface area contributed by atoms with Crippen LogP contribution in [0.4, 0.5) is 0 Å². The monoisotopic (exact) mass is 260 g/mol. The molecule has 0 radical (unpaired) electrons. The number of Topliss-reactive ketones (excluding diaryl/α,β-unsaturated/α-hetero) is 1. The Morgan fingerprint density at radius 2 is 2.00 bits per heavy atom. The van der Waals surface area contributed by atoms with Gasteiger partial charge in [-0.05, 0) is 18.4 Å². The van der Waals surface area contributed by atoms with E-state index in [1.807, 2.05) is 18.4 Å². The molecule has 1 aromatic heterocycles. The highest BCUT2D eigenvalue weighted by Gasteiger charge is 2.07. The quantitative estimate of drug-likeness (QED) is 0.622. The Morgan fingerprint density at radius 3 is 2.61 bits per heavy atom. The van der Waals surface area contributed by atoms with Gasteiger partial charge in [-0.3, -0.25) is 14.2 Å². The number of rotatable bonds is 4. The van der Waals surface area contributed by atoms with Crippen LogP contribution in [0.3, 0.4) is 0 Å². The fourth-order valence-electron chi connectivity index (χ4n) is 1.52. The minimum absolute atomic E-state index is 0.0191. The maximum atomic E-state index is 12.0. The molecule has 1 heterocycles. The average molecular weight is 260 g/mol. The van der Waals surface area contributed by atoms with Crippen LogP contribution in [0.1, 0.15) is 10.4 Å². The summed E-state index contributed by atoms with van der Waals surface area (Å²) in [6, 6.07) is 8.67. The summed E-state index contributed by atoms with van der Waals surface area (Å²) < 4.78 is 1.30. The Bertz CT molecular complexity index is 605. The maximum Gasteiger partial charge on any atom is 0.253 e. The molecule has 0 bridgehead atoms. The van der Waals surface area contributed by atoms with Crippen molar-refractivity contribution in [3.63, 3.8) is 0 Å². The van der Waals surface area contributed by atoms with E-state index in [4.69, 9.17) is 0 Å². The molecule has 0 unspecified atom stereocenters. The first-order valence-corrected chi connectivity index (χ1v) is 6.61. The molecular weight excluding hydrogens is 248 g/mol. The molecule has 0 spiro atoms. The molecule has 0 atom stereocenters. The van der Waals surface area contributed by atoms with Crippen molar-refractivity contribution in [2.75, 3.05) is 6.26 Å². The van der Waals surface area contributed by atoms with E-state index in [-0.39, 0.29) is 17.9 Å². The van der Waals surface area contributed by atoms with Gasteiger partial charge in [0, 0.05) is 22.7 Å². The van der Waals surface area contributed by atoms with Crippen LogP contribution >= 0.6 is 11.8 Å². The van der Waals surface area contributed by atoms with Crippen LogP contribution in [0.25, 0.3) is 0 Å². The summed E-state index contributed by atoms with van der Waals surface area (Å²) in [4.78, 5) is 28.4. The SMILES string of the molecule is CSc1ccc(C(=O)Cn2cnccc2=O)cc1. The summed E-state index contributed by atoms with van der Waals surface area (Å²) >= 11 is 1.62. The molecule has 92 valence electrons. The highest BCUT2D eigenvalue weighted by atomic mass is 32.2. The number of ketones is 1. The van der Waals surface area contributed by atoms with Crippen molar-refractivity contribution in [3.05, 3.63) is 58.8 Å². The lowest BCUT2D eigenvalue weighted by Crippen LogP contribution is -2.23. The molecule has 0 saturated carbocycles. The molecule has 0 aliphatic carbocycles. The molecule has 0 saturated heterocycles. The number of aromatic nitrogens is 2. The minimum Gasteiger partial charge on any atom is -0.292 e.